The smallest absolute Gasteiger partial charge is 0.348 e. The summed E-state index contributed by atoms with van der Waals surface area (Å²) in [6, 6.07) is 7.82. The van der Waals surface area contributed by atoms with Crippen molar-refractivity contribution in [2.75, 3.05) is 12.3 Å². The van der Waals surface area contributed by atoms with E-state index in [2.05, 4.69) is 6.92 Å². The lowest BCUT2D eigenvalue weighted by atomic mass is 10.1. The topological polar surface area (TPSA) is 116 Å². The van der Waals surface area contributed by atoms with Crippen LogP contribution < -0.4 is 5.73 Å². The molecule has 3 rings (SSSR count). The molecule has 0 aliphatic carbocycles. The van der Waals surface area contributed by atoms with Crippen LogP contribution in [0.5, 0.6) is 0 Å². The van der Waals surface area contributed by atoms with Crippen LogP contribution in [0.1, 0.15) is 45.8 Å². The van der Waals surface area contributed by atoms with Crippen LogP contribution in [0.25, 0.3) is 11.0 Å². The first kappa shape index (κ1) is 20.4. The second-order valence-electron chi connectivity index (χ2n) is 6.26. The van der Waals surface area contributed by atoms with E-state index in [1.807, 2.05) is 24.3 Å². The zero-order valence-corrected chi connectivity index (χ0v) is 16.9. The minimum absolute atomic E-state index is 0.00865. The van der Waals surface area contributed by atoms with Crippen LogP contribution in [-0.2, 0) is 33.7 Å². The molecule has 0 aliphatic rings. The SMILES string of the molecule is CCOC(=O)c1sc(N)c(C#N)c1COC(=O)Cc1coc2cc(CC)ccc12. The number of hydrogen-bond acceptors (Lipinski definition) is 8. The molecule has 7 nitrogen and oxygen atoms in total. The molecule has 0 fully saturated rings. The van der Waals surface area contributed by atoms with Crippen LogP contribution in [-0.4, -0.2) is 18.5 Å². The van der Waals surface area contributed by atoms with E-state index >= 15 is 0 Å². The molecular formula is C21H20N2O5S. The molecule has 0 atom stereocenters. The predicted molar refractivity (Wildman–Crippen MR) is 108 cm³/mol. The third-order valence-electron chi connectivity index (χ3n) is 4.45. The Bertz CT molecular complexity index is 1110. The number of nitrogen functional groups attached to an aromatic ring is 1. The van der Waals surface area contributed by atoms with Gasteiger partial charge in [0.25, 0.3) is 0 Å². The number of aryl methyl sites for hydroxylation is 1. The van der Waals surface area contributed by atoms with Crippen molar-refractivity contribution in [2.24, 2.45) is 0 Å². The van der Waals surface area contributed by atoms with Crippen LogP contribution in [0.4, 0.5) is 5.00 Å². The van der Waals surface area contributed by atoms with Crippen LogP contribution in [0, 0.1) is 11.3 Å². The minimum atomic E-state index is -0.593. The molecule has 0 amide bonds. The molecule has 29 heavy (non-hydrogen) atoms. The molecule has 0 spiro atoms. The molecule has 8 heteroatoms. The lowest BCUT2D eigenvalue weighted by Crippen LogP contribution is -2.11. The van der Waals surface area contributed by atoms with Gasteiger partial charge in [-0.05, 0) is 25.0 Å². The lowest BCUT2D eigenvalue weighted by Gasteiger charge is -2.06. The van der Waals surface area contributed by atoms with E-state index in [-0.39, 0.29) is 40.6 Å². The van der Waals surface area contributed by atoms with Gasteiger partial charge in [0.1, 0.15) is 28.1 Å². The maximum absolute atomic E-state index is 12.4. The number of rotatable bonds is 7. The highest BCUT2D eigenvalue weighted by molar-refractivity contribution is 7.18. The van der Waals surface area contributed by atoms with Gasteiger partial charge in [-0.2, -0.15) is 5.26 Å². The Labute approximate surface area is 171 Å². The largest absolute Gasteiger partial charge is 0.464 e. The Morgan fingerprint density at radius 3 is 2.76 bits per heavy atom. The van der Waals surface area contributed by atoms with Crippen molar-refractivity contribution in [3.63, 3.8) is 0 Å². The maximum atomic E-state index is 12.4. The quantitative estimate of drug-likeness (QED) is 0.584. The third-order valence-corrected chi connectivity index (χ3v) is 5.49. The molecule has 0 aliphatic heterocycles. The summed E-state index contributed by atoms with van der Waals surface area (Å²) in [4.78, 5) is 24.7. The van der Waals surface area contributed by atoms with Gasteiger partial charge in [-0.3, -0.25) is 4.79 Å². The summed E-state index contributed by atoms with van der Waals surface area (Å²) in [5.74, 6) is -1.10. The van der Waals surface area contributed by atoms with Crippen molar-refractivity contribution in [3.05, 3.63) is 51.6 Å². The Morgan fingerprint density at radius 2 is 2.07 bits per heavy atom. The van der Waals surface area contributed by atoms with E-state index in [4.69, 9.17) is 19.6 Å². The molecule has 2 heterocycles. The average molecular weight is 412 g/mol. The second kappa shape index (κ2) is 8.80. The Kier molecular flexibility index (Phi) is 6.20. The first-order chi connectivity index (χ1) is 14.0. The standard InChI is InChI=1S/C21H20N2O5S/c1-3-12-5-6-14-13(10-27-17(14)7-12)8-18(24)28-11-16-15(9-22)20(23)29-19(16)21(25)26-4-2/h5-7,10H,3-4,8,11,23H2,1-2H3. The Balaban J connectivity index is 1.74. The summed E-state index contributed by atoms with van der Waals surface area (Å²) < 4.78 is 15.9. The van der Waals surface area contributed by atoms with Crippen LogP contribution in [0.3, 0.4) is 0 Å². The lowest BCUT2D eigenvalue weighted by molar-refractivity contribution is -0.144. The number of anilines is 1. The number of carbonyl (C=O) groups is 2. The summed E-state index contributed by atoms with van der Waals surface area (Å²) in [7, 11) is 0. The fourth-order valence-corrected chi connectivity index (χ4v) is 3.87. The van der Waals surface area contributed by atoms with Gasteiger partial charge in [0.15, 0.2) is 0 Å². The van der Waals surface area contributed by atoms with Gasteiger partial charge in [-0.25, -0.2) is 4.79 Å². The molecule has 150 valence electrons. The highest BCUT2D eigenvalue weighted by Crippen LogP contribution is 2.32. The van der Waals surface area contributed by atoms with E-state index in [1.165, 1.54) is 0 Å². The zero-order chi connectivity index (χ0) is 21.0. The van der Waals surface area contributed by atoms with Crippen molar-refractivity contribution in [1.29, 1.82) is 5.26 Å². The van der Waals surface area contributed by atoms with E-state index in [0.717, 1.165) is 28.7 Å². The molecule has 2 aromatic heterocycles. The first-order valence-electron chi connectivity index (χ1n) is 9.11. The van der Waals surface area contributed by atoms with Gasteiger partial charge in [0.05, 0.1) is 24.9 Å². The first-order valence-corrected chi connectivity index (χ1v) is 9.93. The van der Waals surface area contributed by atoms with E-state index < -0.39 is 11.9 Å². The normalized spacial score (nSPS) is 10.7. The van der Waals surface area contributed by atoms with Gasteiger partial charge in [-0.1, -0.05) is 19.1 Å². The van der Waals surface area contributed by atoms with Crippen LogP contribution in [0.15, 0.2) is 28.9 Å². The van der Waals surface area contributed by atoms with Gasteiger partial charge in [-0.15, -0.1) is 11.3 Å². The molecule has 0 saturated heterocycles. The molecule has 1 aromatic carbocycles. The number of nitrogens with zero attached hydrogens (tertiary/aromatic N) is 1. The van der Waals surface area contributed by atoms with Crippen molar-refractivity contribution < 1.29 is 23.5 Å². The molecule has 0 radical (unpaired) electrons. The van der Waals surface area contributed by atoms with E-state index in [0.29, 0.717) is 11.1 Å². The second-order valence-corrected chi connectivity index (χ2v) is 7.32. The van der Waals surface area contributed by atoms with E-state index in [1.54, 1.807) is 13.2 Å². The number of carbonyl (C=O) groups excluding carboxylic acids is 2. The fraction of sp³-hybridized carbons (Fsp3) is 0.286. The number of esters is 2. The van der Waals surface area contributed by atoms with Crippen LogP contribution >= 0.6 is 11.3 Å². The predicted octanol–water partition coefficient (Wildman–Crippen LogP) is 3.97. The van der Waals surface area contributed by atoms with E-state index in [9.17, 15) is 14.9 Å². The summed E-state index contributed by atoms with van der Waals surface area (Å²) in [6.07, 6.45) is 2.44. The van der Waals surface area contributed by atoms with Crippen molar-refractivity contribution in [2.45, 2.75) is 33.3 Å². The third kappa shape index (κ3) is 4.25. The summed E-state index contributed by atoms with van der Waals surface area (Å²) in [5.41, 5.74) is 8.80. The number of furan rings is 1. The number of nitriles is 1. The monoisotopic (exact) mass is 412 g/mol. The highest BCUT2D eigenvalue weighted by atomic mass is 32.1. The van der Waals surface area contributed by atoms with Crippen molar-refractivity contribution in [3.8, 4) is 6.07 Å². The number of fused-ring (bicyclic) bond motifs is 1. The van der Waals surface area contributed by atoms with Gasteiger partial charge < -0.3 is 19.6 Å². The summed E-state index contributed by atoms with van der Waals surface area (Å²) in [6.45, 7) is 3.68. The minimum Gasteiger partial charge on any atom is -0.464 e. The van der Waals surface area contributed by atoms with Gasteiger partial charge in [0.2, 0.25) is 0 Å². The fourth-order valence-electron chi connectivity index (χ4n) is 2.95. The highest BCUT2D eigenvalue weighted by Gasteiger charge is 2.24. The molecule has 0 saturated carbocycles. The number of hydrogen-bond donors (Lipinski definition) is 1. The maximum Gasteiger partial charge on any atom is 0.348 e. The Morgan fingerprint density at radius 1 is 1.28 bits per heavy atom. The number of ether oxygens (including phenoxy) is 2. The molecular weight excluding hydrogens is 392 g/mol. The number of nitrogens with two attached hydrogens (primary N) is 1. The van der Waals surface area contributed by atoms with Crippen molar-refractivity contribution >= 4 is 39.2 Å². The summed E-state index contributed by atoms with van der Waals surface area (Å²) >= 11 is 0.950. The van der Waals surface area contributed by atoms with Gasteiger partial charge in [0, 0.05) is 16.5 Å². The van der Waals surface area contributed by atoms with Gasteiger partial charge >= 0.3 is 11.9 Å². The summed E-state index contributed by atoms with van der Waals surface area (Å²) in [5, 5.41) is 10.4. The molecule has 0 bridgehead atoms. The average Bonchev–Trinajstić information content (AvgIpc) is 3.26. The molecule has 2 N–H and O–H groups in total. The molecule has 3 aromatic rings. The van der Waals surface area contributed by atoms with Crippen molar-refractivity contribution in [1.82, 2.24) is 0 Å². The molecule has 0 unspecified atom stereocenters. The Hall–Kier alpha value is -3.31. The van der Waals surface area contributed by atoms with Crippen LogP contribution in [0.2, 0.25) is 0 Å². The number of thiophene rings is 1. The zero-order valence-electron chi connectivity index (χ0n) is 16.1. The number of benzene rings is 1.